The van der Waals surface area contributed by atoms with Crippen LogP contribution in [0.3, 0.4) is 0 Å². The van der Waals surface area contributed by atoms with Crippen LogP contribution in [0.15, 0.2) is 0 Å². The lowest BCUT2D eigenvalue weighted by Crippen LogP contribution is -2.14. The topological polar surface area (TPSA) is 37.3 Å². The van der Waals surface area contributed by atoms with Crippen molar-refractivity contribution in [3.63, 3.8) is 0 Å². The Bertz CT molecular complexity index is 136. The average Bonchev–Trinajstić information content (AvgIpc) is 1.87. The van der Waals surface area contributed by atoms with Gasteiger partial charge < -0.3 is 5.11 Å². The lowest BCUT2D eigenvalue weighted by molar-refractivity contribution is -0.137. The molecule has 0 fully saturated rings. The van der Waals surface area contributed by atoms with Crippen LogP contribution in [-0.2, 0) is 4.79 Å². The van der Waals surface area contributed by atoms with Crippen LogP contribution in [-0.4, -0.2) is 21.3 Å². The maximum Gasteiger partial charge on any atom is 0.303 e. The molecule has 0 atom stereocenters. The minimum atomic E-state index is -0.975. The molecule has 0 radical (unpaired) electrons. The summed E-state index contributed by atoms with van der Waals surface area (Å²) in [6.07, 6.45) is 0.943. The van der Waals surface area contributed by atoms with E-state index in [0.717, 1.165) is 0 Å². The molecule has 0 saturated carbocycles. The first-order valence-electron chi connectivity index (χ1n) is 3.13. The molecule has 5 heteroatoms. The van der Waals surface area contributed by atoms with E-state index in [1.165, 1.54) is 0 Å². The zero-order valence-electron chi connectivity index (χ0n) is 5.82. The summed E-state index contributed by atoms with van der Waals surface area (Å²) < 4.78 is -0.975. The minimum Gasteiger partial charge on any atom is -0.481 e. The molecule has 0 aliphatic heterocycles. The second-order valence-electron chi connectivity index (χ2n) is 2.24. The third-order valence-corrected chi connectivity index (χ3v) is 2.50. The molecular formula is C6H9Cl3O2. The summed E-state index contributed by atoms with van der Waals surface area (Å²) in [5, 5.41) is 8.26. The van der Waals surface area contributed by atoms with E-state index in [2.05, 4.69) is 0 Å². The van der Waals surface area contributed by atoms with Gasteiger partial charge in [0.05, 0.1) is 5.88 Å². The van der Waals surface area contributed by atoms with Crippen molar-refractivity contribution in [2.75, 3.05) is 5.88 Å². The maximum atomic E-state index is 10.1. The molecule has 0 aliphatic carbocycles. The summed E-state index contributed by atoms with van der Waals surface area (Å²) in [6.45, 7) is 0. The number of carboxylic acids is 1. The Morgan fingerprint density at radius 3 is 2.36 bits per heavy atom. The molecule has 0 aromatic carbocycles. The highest BCUT2D eigenvalue weighted by atomic mass is 35.5. The molecular weight excluding hydrogens is 210 g/mol. The fourth-order valence-corrected chi connectivity index (χ4v) is 0.966. The predicted octanol–water partition coefficient (Wildman–Crippen LogP) is 2.65. The van der Waals surface area contributed by atoms with Gasteiger partial charge in [-0.1, -0.05) is 0 Å². The van der Waals surface area contributed by atoms with E-state index in [9.17, 15) is 4.79 Å². The smallest absolute Gasteiger partial charge is 0.303 e. The van der Waals surface area contributed by atoms with Crippen molar-refractivity contribution >= 4 is 40.8 Å². The van der Waals surface area contributed by atoms with Gasteiger partial charge >= 0.3 is 5.97 Å². The highest BCUT2D eigenvalue weighted by Gasteiger charge is 2.21. The highest BCUT2D eigenvalue weighted by Crippen LogP contribution is 2.28. The van der Waals surface area contributed by atoms with Crippen molar-refractivity contribution in [3.05, 3.63) is 0 Å². The Morgan fingerprint density at radius 2 is 2.00 bits per heavy atom. The average molecular weight is 219 g/mol. The Labute approximate surface area is 80.4 Å². The Kier molecular flexibility index (Phi) is 5.23. The molecule has 0 aromatic rings. The van der Waals surface area contributed by atoms with Crippen LogP contribution in [0.25, 0.3) is 0 Å². The molecule has 0 heterocycles. The van der Waals surface area contributed by atoms with Crippen molar-refractivity contribution in [1.82, 2.24) is 0 Å². The van der Waals surface area contributed by atoms with Crippen LogP contribution in [0.4, 0.5) is 0 Å². The van der Waals surface area contributed by atoms with E-state index in [1.807, 2.05) is 0 Å². The molecule has 0 bridgehead atoms. The summed E-state index contributed by atoms with van der Waals surface area (Å²) in [4.78, 5) is 10.1. The molecule has 1 N–H and O–H groups in total. The largest absolute Gasteiger partial charge is 0.481 e. The zero-order chi connectivity index (χ0) is 8.91. The van der Waals surface area contributed by atoms with Crippen LogP contribution in [0.1, 0.15) is 19.3 Å². The SMILES string of the molecule is O=C(O)CCCC(Cl)(Cl)CCl. The van der Waals surface area contributed by atoms with Crippen LogP contribution in [0.2, 0.25) is 0 Å². The molecule has 0 aliphatic rings. The summed E-state index contributed by atoms with van der Waals surface area (Å²) >= 11 is 16.7. The van der Waals surface area contributed by atoms with Gasteiger partial charge in [0.25, 0.3) is 0 Å². The molecule has 11 heavy (non-hydrogen) atoms. The first-order chi connectivity index (χ1) is 4.98. The zero-order valence-corrected chi connectivity index (χ0v) is 8.09. The van der Waals surface area contributed by atoms with E-state index in [-0.39, 0.29) is 12.3 Å². The normalized spacial score (nSPS) is 11.5. The number of rotatable bonds is 5. The summed E-state index contributed by atoms with van der Waals surface area (Å²) in [5.41, 5.74) is 0. The number of hydrogen-bond donors (Lipinski definition) is 1. The van der Waals surface area contributed by atoms with Crippen LogP contribution in [0, 0.1) is 0 Å². The van der Waals surface area contributed by atoms with Gasteiger partial charge in [-0.15, -0.1) is 34.8 Å². The summed E-state index contributed by atoms with van der Waals surface area (Å²) in [7, 11) is 0. The molecule has 0 unspecified atom stereocenters. The first-order valence-corrected chi connectivity index (χ1v) is 4.42. The molecule has 0 rings (SSSR count). The van der Waals surface area contributed by atoms with Gasteiger partial charge in [-0.05, 0) is 12.8 Å². The third kappa shape index (κ3) is 6.73. The highest BCUT2D eigenvalue weighted by molar-refractivity contribution is 6.51. The molecule has 0 spiro atoms. The monoisotopic (exact) mass is 218 g/mol. The second kappa shape index (κ2) is 5.07. The van der Waals surface area contributed by atoms with Crippen LogP contribution < -0.4 is 0 Å². The third-order valence-electron chi connectivity index (χ3n) is 1.13. The van der Waals surface area contributed by atoms with Gasteiger partial charge in [-0.2, -0.15) is 0 Å². The van der Waals surface area contributed by atoms with Gasteiger partial charge in [0.2, 0.25) is 0 Å². The van der Waals surface area contributed by atoms with Gasteiger partial charge in [-0.3, -0.25) is 4.79 Å². The fourth-order valence-electron chi connectivity index (χ4n) is 0.565. The molecule has 66 valence electrons. The van der Waals surface area contributed by atoms with Crippen molar-refractivity contribution in [1.29, 1.82) is 0 Å². The number of halogens is 3. The van der Waals surface area contributed by atoms with E-state index in [0.29, 0.717) is 12.8 Å². The lowest BCUT2D eigenvalue weighted by Gasteiger charge is -2.14. The Morgan fingerprint density at radius 1 is 1.45 bits per heavy atom. The summed E-state index contributed by atoms with van der Waals surface area (Å²) in [6, 6.07) is 0. The Hall–Kier alpha value is 0.340. The standard InChI is InChI=1S/C6H9Cl3O2/c7-4-6(8,9)3-1-2-5(10)11/h1-4H2,(H,10,11). The number of carbonyl (C=O) groups is 1. The van der Waals surface area contributed by atoms with Gasteiger partial charge in [0, 0.05) is 6.42 Å². The molecule has 0 amide bonds. The maximum absolute atomic E-state index is 10.1. The van der Waals surface area contributed by atoms with Gasteiger partial charge in [0.1, 0.15) is 4.33 Å². The summed E-state index contributed by atoms with van der Waals surface area (Å²) in [5.74, 6) is -0.723. The number of hydrogen-bond acceptors (Lipinski definition) is 1. The second-order valence-corrected chi connectivity index (χ2v) is 4.14. The van der Waals surface area contributed by atoms with E-state index in [1.54, 1.807) is 0 Å². The molecule has 0 aromatic heterocycles. The molecule has 0 saturated heterocycles. The predicted molar refractivity (Wildman–Crippen MR) is 46.6 cm³/mol. The van der Waals surface area contributed by atoms with E-state index < -0.39 is 10.3 Å². The fraction of sp³-hybridized carbons (Fsp3) is 0.833. The quantitative estimate of drug-likeness (QED) is 0.722. The van der Waals surface area contributed by atoms with Crippen LogP contribution >= 0.6 is 34.8 Å². The molecule has 2 nitrogen and oxygen atoms in total. The first kappa shape index (κ1) is 11.3. The Balaban J connectivity index is 3.45. The van der Waals surface area contributed by atoms with Crippen LogP contribution in [0.5, 0.6) is 0 Å². The van der Waals surface area contributed by atoms with E-state index >= 15 is 0 Å². The van der Waals surface area contributed by atoms with E-state index in [4.69, 9.17) is 39.9 Å². The van der Waals surface area contributed by atoms with Gasteiger partial charge in [0.15, 0.2) is 0 Å². The number of aliphatic carboxylic acids is 1. The van der Waals surface area contributed by atoms with Crippen molar-refractivity contribution < 1.29 is 9.90 Å². The lowest BCUT2D eigenvalue weighted by atomic mass is 10.2. The van der Waals surface area contributed by atoms with Crippen molar-refractivity contribution in [2.45, 2.75) is 23.6 Å². The number of alkyl halides is 3. The minimum absolute atomic E-state index is 0.0814. The number of carboxylic acid groups (broad SMARTS) is 1. The van der Waals surface area contributed by atoms with Crippen molar-refractivity contribution in [2.24, 2.45) is 0 Å². The van der Waals surface area contributed by atoms with Crippen molar-refractivity contribution in [3.8, 4) is 0 Å². The van der Waals surface area contributed by atoms with Gasteiger partial charge in [-0.25, -0.2) is 0 Å².